The molecule has 0 bridgehead atoms. The quantitative estimate of drug-likeness (QED) is 0.210. The topological polar surface area (TPSA) is 29.1 Å². The third-order valence-corrected chi connectivity index (χ3v) is 5.68. The molecular weight excluding hydrogens is 447 g/mol. The molecule has 1 N–H and O–H groups in total. The van der Waals surface area contributed by atoms with Crippen molar-refractivity contribution < 1.29 is 18.0 Å². The summed E-state index contributed by atoms with van der Waals surface area (Å²) >= 11 is 0. The zero-order chi connectivity index (χ0) is 24.4. The third-order valence-electron chi connectivity index (χ3n) is 5.68. The summed E-state index contributed by atoms with van der Waals surface area (Å²) in [6.45, 7) is 0. The largest absolute Gasteiger partial charge is 0.416 e. The van der Waals surface area contributed by atoms with Crippen molar-refractivity contribution in [3.8, 4) is 11.8 Å². The van der Waals surface area contributed by atoms with Gasteiger partial charge in [0.15, 0.2) is 0 Å². The Balaban J connectivity index is 1.40. The van der Waals surface area contributed by atoms with Gasteiger partial charge in [0.2, 0.25) is 0 Å². The summed E-state index contributed by atoms with van der Waals surface area (Å²) in [7, 11) is 0. The highest BCUT2D eigenvalue weighted by Crippen LogP contribution is 2.30. The number of anilines is 1. The Bertz CT molecular complexity index is 1570. The van der Waals surface area contributed by atoms with E-state index < -0.39 is 11.7 Å². The van der Waals surface area contributed by atoms with Crippen LogP contribution in [0.1, 0.15) is 27.0 Å². The Labute approximate surface area is 200 Å². The van der Waals surface area contributed by atoms with Crippen LogP contribution in [0.5, 0.6) is 0 Å². The van der Waals surface area contributed by atoms with Crippen LogP contribution < -0.4 is 5.32 Å². The van der Waals surface area contributed by atoms with E-state index in [0.717, 1.165) is 33.7 Å². The second-order valence-electron chi connectivity index (χ2n) is 8.05. The van der Waals surface area contributed by atoms with Crippen LogP contribution in [0.3, 0.4) is 0 Å². The normalized spacial score (nSPS) is 11.2. The minimum absolute atomic E-state index is 0.221. The summed E-state index contributed by atoms with van der Waals surface area (Å²) in [6.07, 6.45) is -4.41. The van der Waals surface area contributed by atoms with Crippen LogP contribution in [-0.2, 0) is 6.18 Å². The van der Waals surface area contributed by atoms with Gasteiger partial charge in [-0.25, -0.2) is 0 Å². The van der Waals surface area contributed by atoms with Crippen LogP contribution in [0, 0.1) is 11.8 Å². The molecule has 0 radical (unpaired) electrons. The number of nitrogens with one attached hydrogen (secondary N) is 1. The van der Waals surface area contributed by atoms with E-state index >= 15 is 0 Å². The lowest BCUT2D eigenvalue weighted by molar-refractivity contribution is -0.137. The van der Waals surface area contributed by atoms with E-state index in [1.807, 2.05) is 48.5 Å². The lowest BCUT2D eigenvalue weighted by atomic mass is 9.96. The van der Waals surface area contributed by atoms with Crippen LogP contribution in [0.15, 0.2) is 103 Å². The van der Waals surface area contributed by atoms with Crippen molar-refractivity contribution in [1.29, 1.82) is 0 Å². The smallest absolute Gasteiger partial charge is 0.322 e. The Morgan fingerprint density at radius 3 is 1.89 bits per heavy atom. The highest BCUT2D eigenvalue weighted by atomic mass is 19.4. The molecule has 1 amide bonds. The fourth-order valence-electron chi connectivity index (χ4n) is 4.01. The van der Waals surface area contributed by atoms with Crippen molar-refractivity contribution in [2.24, 2.45) is 0 Å². The van der Waals surface area contributed by atoms with Crippen molar-refractivity contribution in [3.63, 3.8) is 0 Å². The van der Waals surface area contributed by atoms with Gasteiger partial charge in [-0.2, -0.15) is 13.2 Å². The molecule has 2 nitrogen and oxygen atoms in total. The first-order valence-electron chi connectivity index (χ1n) is 10.9. The van der Waals surface area contributed by atoms with E-state index in [0.29, 0.717) is 16.8 Å². The maximum atomic E-state index is 13.3. The van der Waals surface area contributed by atoms with E-state index in [2.05, 4.69) is 23.2 Å². The number of rotatable bonds is 2. The number of alkyl halides is 3. The van der Waals surface area contributed by atoms with Gasteiger partial charge in [0.1, 0.15) is 0 Å². The van der Waals surface area contributed by atoms with Crippen LogP contribution in [-0.4, -0.2) is 5.91 Å². The predicted molar refractivity (Wildman–Crippen MR) is 133 cm³/mol. The second kappa shape index (κ2) is 9.00. The molecule has 5 rings (SSSR count). The van der Waals surface area contributed by atoms with E-state index in [-0.39, 0.29) is 11.5 Å². The van der Waals surface area contributed by atoms with Gasteiger partial charge in [0.25, 0.3) is 5.91 Å². The van der Waals surface area contributed by atoms with Crippen molar-refractivity contribution in [1.82, 2.24) is 0 Å². The van der Waals surface area contributed by atoms with Gasteiger partial charge in [0.05, 0.1) is 11.1 Å². The number of amides is 1. The Morgan fingerprint density at radius 2 is 1.26 bits per heavy atom. The molecule has 0 spiro atoms. The lowest BCUT2D eigenvalue weighted by Gasteiger charge is -2.12. The summed E-state index contributed by atoms with van der Waals surface area (Å²) in [5.74, 6) is 5.41. The average Bonchev–Trinajstić information content (AvgIpc) is 2.86. The number of halogens is 3. The maximum absolute atomic E-state index is 13.3. The van der Waals surface area contributed by atoms with E-state index in [4.69, 9.17) is 0 Å². The highest BCUT2D eigenvalue weighted by Gasteiger charge is 2.30. The maximum Gasteiger partial charge on any atom is 0.416 e. The molecule has 0 aliphatic heterocycles. The minimum atomic E-state index is -4.41. The number of carbonyl (C=O) groups is 1. The van der Waals surface area contributed by atoms with Crippen LogP contribution in [0.25, 0.3) is 21.5 Å². The molecule has 0 atom stereocenters. The van der Waals surface area contributed by atoms with Crippen LogP contribution >= 0.6 is 0 Å². The van der Waals surface area contributed by atoms with Gasteiger partial charge >= 0.3 is 6.18 Å². The van der Waals surface area contributed by atoms with Crippen molar-refractivity contribution in [2.45, 2.75) is 6.18 Å². The average molecular weight is 465 g/mol. The van der Waals surface area contributed by atoms with Crippen molar-refractivity contribution >= 4 is 33.1 Å². The van der Waals surface area contributed by atoms with Crippen molar-refractivity contribution in [3.05, 3.63) is 125 Å². The van der Waals surface area contributed by atoms with Crippen molar-refractivity contribution in [2.75, 3.05) is 5.32 Å². The van der Waals surface area contributed by atoms with Crippen LogP contribution in [0.2, 0.25) is 0 Å². The monoisotopic (exact) mass is 465 g/mol. The molecular formula is C30H18F3NO. The SMILES string of the molecule is O=C(Nc1ccc(C#Cc2cccc(C(F)(F)F)c2)cc1)c1c2ccccc2cc2ccccc12. The standard InChI is InChI=1S/C30H18F3NO/c31-30(32,33)24-9-5-6-21(18-24)13-12-20-14-16-25(17-15-20)34-29(35)28-26-10-3-1-7-22(26)19-23-8-2-4-11-27(23)28/h1-11,14-19H,(H,34,35). The first-order valence-corrected chi connectivity index (χ1v) is 10.9. The summed E-state index contributed by atoms with van der Waals surface area (Å²) in [5, 5.41) is 6.66. The zero-order valence-electron chi connectivity index (χ0n) is 18.4. The zero-order valence-corrected chi connectivity index (χ0v) is 18.4. The van der Waals surface area contributed by atoms with Gasteiger partial charge in [-0.05, 0) is 70.1 Å². The number of fused-ring (bicyclic) bond motifs is 2. The lowest BCUT2D eigenvalue weighted by Crippen LogP contribution is -2.13. The third kappa shape index (κ3) is 4.73. The fraction of sp³-hybridized carbons (Fsp3) is 0.0333. The predicted octanol–water partition coefficient (Wildman–Crippen LogP) is 7.66. The Morgan fingerprint density at radius 1 is 0.657 bits per heavy atom. The molecule has 0 aliphatic rings. The van der Waals surface area contributed by atoms with Gasteiger partial charge in [-0.1, -0.05) is 66.4 Å². The Kier molecular flexibility index (Phi) is 5.72. The molecule has 0 aromatic heterocycles. The number of benzene rings is 5. The minimum Gasteiger partial charge on any atom is -0.322 e. The molecule has 5 aromatic rings. The number of hydrogen-bond donors (Lipinski definition) is 1. The number of carbonyl (C=O) groups excluding carboxylic acids is 1. The molecule has 0 saturated carbocycles. The van der Waals surface area contributed by atoms with E-state index in [9.17, 15) is 18.0 Å². The first kappa shape index (κ1) is 22.2. The molecule has 0 heterocycles. The molecule has 170 valence electrons. The first-order chi connectivity index (χ1) is 16.9. The molecule has 0 aliphatic carbocycles. The molecule has 0 fully saturated rings. The highest BCUT2D eigenvalue weighted by molar-refractivity contribution is 6.21. The summed E-state index contributed by atoms with van der Waals surface area (Å²) in [5.41, 5.74) is 1.36. The van der Waals surface area contributed by atoms with Gasteiger partial charge in [-0.3, -0.25) is 4.79 Å². The number of hydrogen-bond acceptors (Lipinski definition) is 1. The summed E-state index contributed by atoms with van der Waals surface area (Å²) in [6, 6.07) is 29.4. The van der Waals surface area contributed by atoms with Gasteiger partial charge in [-0.15, -0.1) is 0 Å². The Hall–Kier alpha value is -4.56. The summed E-state index contributed by atoms with van der Waals surface area (Å²) in [4.78, 5) is 13.3. The van der Waals surface area contributed by atoms with E-state index in [1.54, 1.807) is 24.3 Å². The van der Waals surface area contributed by atoms with Crippen LogP contribution in [0.4, 0.5) is 18.9 Å². The fourth-order valence-corrected chi connectivity index (χ4v) is 4.01. The molecule has 5 aromatic carbocycles. The second-order valence-corrected chi connectivity index (χ2v) is 8.05. The van der Waals surface area contributed by atoms with Gasteiger partial charge in [0, 0.05) is 16.8 Å². The molecule has 5 heteroatoms. The summed E-state index contributed by atoms with van der Waals surface area (Å²) < 4.78 is 38.7. The molecule has 0 unspecified atom stereocenters. The van der Waals surface area contributed by atoms with E-state index in [1.165, 1.54) is 12.1 Å². The van der Waals surface area contributed by atoms with Gasteiger partial charge < -0.3 is 5.32 Å². The molecule has 0 saturated heterocycles. The molecule has 35 heavy (non-hydrogen) atoms.